The molecule has 1 atom stereocenters. The highest BCUT2D eigenvalue weighted by atomic mass is 32.2. The van der Waals surface area contributed by atoms with Crippen molar-refractivity contribution < 1.29 is 5.11 Å². The zero-order chi connectivity index (χ0) is 14.4. The summed E-state index contributed by atoms with van der Waals surface area (Å²) in [6, 6.07) is 4.46. The summed E-state index contributed by atoms with van der Waals surface area (Å²) in [5.41, 5.74) is 0.696. The molecule has 1 N–H and O–H groups in total. The topological polar surface area (TPSA) is 63.8 Å². The van der Waals surface area contributed by atoms with E-state index >= 15 is 0 Å². The molecule has 0 saturated heterocycles. The van der Waals surface area contributed by atoms with Crippen molar-refractivity contribution in [3.63, 3.8) is 0 Å². The summed E-state index contributed by atoms with van der Waals surface area (Å²) < 4.78 is 2.34. The standard InChI is InChI=1S/C15H18N4OS/c1-9(20)13-7-6-12(8-16-13)21-15-18-17-14(10-2-3-10)19(15)11-4-5-11/h6-11,20H,2-5H2,1H3. The van der Waals surface area contributed by atoms with Gasteiger partial charge < -0.3 is 9.67 Å². The van der Waals surface area contributed by atoms with Crippen molar-refractivity contribution in [2.24, 2.45) is 0 Å². The van der Waals surface area contributed by atoms with Gasteiger partial charge in [0, 0.05) is 23.1 Å². The van der Waals surface area contributed by atoms with Gasteiger partial charge in [0.05, 0.1) is 11.8 Å². The Morgan fingerprint density at radius 3 is 2.62 bits per heavy atom. The first-order valence-corrected chi connectivity index (χ1v) is 8.30. The van der Waals surface area contributed by atoms with E-state index in [0.717, 1.165) is 10.1 Å². The molecule has 0 radical (unpaired) electrons. The number of aliphatic hydroxyl groups is 1. The van der Waals surface area contributed by atoms with E-state index in [1.165, 1.54) is 31.5 Å². The lowest BCUT2D eigenvalue weighted by Crippen LogP contribution is -2.01. The fourth-order valence-electron chi connectivity index (χ4n) is 2.46. The third-order valence-electron chi connectivity index (χ3n) is 3.94. The molecule has 2 saturated carbocycles. The largest absolute Gasteiger partial charge is 0.387 e. The van der Waals surface area contributed by atoms with Gasteiger partial charge in [-0.25, -0.2) is 0 Å². The Balaban J connectivity index is 1.59. The van der Waals surface area contributed by atoms with Gasteiger partial charge >= 0.3 is 0 Å². The van der Waals surface area contributed by atoms with Crippen LogP contribution in [0.4, 0.5) is 0 Å². The van der Waals surface area contributed by atoms with Gasteiger partial charge in [-0.3, -0.25) is 4.98 Å². The zero-order valence-corrected chi connectivity index (χ0v) is 12.8. The van der Waals surface area contributed by atoms with Crippen LogP contribution in [0.1, 0.15) is 62.2 Å². The SMILES string of the molecule is CC(O)c1ccc(Sc2nnc(C3CC3)n2C2CC2)cn1. The molecule has 2 aliphatic rings. The van der Waals surface area contributed by atoms with Gasteiger partial charge in [0.2, 0.25) is 0 Å². The van der Waals surface area contributed by atoms with Crippen LogP contribution in [0.15, 0.2) is 28.4 Å². The summed E-state index contributed by atoms with van der Waals surface area (Å²) in [5.74, 6) is 1.80. The van der Waals surface area contributed by atoms with Gasteiger partial charge in [0.1, 0.15) is 5.82 Å². The number of nitrogens with zero attached hydrogens (tertiary/aromatic N) is 4. The summed E-state index contributed by atoms with van der Waals surface area (Å²) in [6.45, 7) is 1.72. The smallest absolute Gasteiger partial charge is 0.196 e. The van der Waals surface area contributed by atoms with E-state index in [1.807, 2.05) is 12.1 Å². The van der Waals surface area contributed by atoms with Crippen LogP contribution in [0.25, 0.3) is 0 Å². The maximum Gasteiger partial charge on any atom is 0.196 e. The van der Waals surface area contributed by atoms with Crippen LogP contribution < -0.4 is 0 Å². The molecule has 0 aromatic carbocycles. The molecule has 2 aromatic rings. The van der Waals surface area contributed by atoms with Crippen LogP contribution >= 0.6 is 11.8 Å². The van der Waals surface area contributed by atoms with Gasteiger partial charge in [-0.15, -0.1) is 10.2 Å². The molecule has 2 aromatic heterocycles. The maximum atomic E-state index is 9.51. The Kier molecular flexibility index (Phi) is 3.23. The first-order chi connectivity index (χ1) is 10.2. The number of hydrogen-bond acceptors (Lipinski definition) is 5. The Morgan fingerprint density at radius 2 is 2.05 bits per heavy atom. The molecule has 4 rings (SSSR count). The van der Waals surface area contributed by atoms with Crippen LogP contribution in [0, 0.1) is 0 Å². The van der Waals surface area contributed by atoms with E-state index in [-0.39, 0.29) is 0 Å². The highest BCUT2D eigenvalue weighted by Gasteiger charge is 2.36. The third kappa shape index (κ3) is 2.70. The molecule has 0 spiro atoms. The third-order valence-corrected chi connectivity index (χ3v) is 4.88. The van der Waals surface area contributed by atoms with Crippen molar-refractivity contribution in [2.75, 3.05) is 0 Å². The van der Waals surface area contributed by atoms with E-state index in [9.17, 15) is 5.11 Å². The number of aromatic nitrogens is 4. The first kappa shape index (κ1) is 13.3. The summed E-state index contributed by atoms with van der Waals surface area (Å²) in [5, 5.41) is 19.3. The second kappa shape index (κ2) is 5.10. The van der Waals surface area contributed by atoms with Gasteiger partial charge in [-0.1, -0.05) is 0 Å². The monoisotopic (exact) mass is 302 g/mol. The molecular formula is C15H18N4OS. The Hall–Kier alpha value is -1.40. The first-order valence-electron chi connectivity index (χ1n) is 7.49. The van der Waals surface area contributed by atoms with Gasteiger partial charge in [0.25, 0.3) is 0 Å². The van der Waals surface area contributed by atoms with Crippen LogP contribution in [0.3, 0.4) is 0 Å². The van der Waals surface area contributed by atoms with Crippen LogP contribution in [0.2, 0.25) is 0 Å². The average molecular weight is 302 g/mol. The molecule has 0 bridgehead atoms. The van der Waals surface area contributed by atoms with Crippen molar-refractivity contribution in [1.29, 1.82) is 0 Å². The van der Waals surface area contributed by atoms with Crippen molar-refractivity contribution in [1.82, 2.24) is 19.7 Å². The number of aliphatic hydroxyl groups excluding tert-OH is 1. The molecular weight excluding hydrogens is 284 g/mol. The fraction of sp³-hybridized carbons (Fsp3) is 0.533. The highest BCUT2D eigenvalue weighted by molar-refractivity contribution is 7.99. The number of hydrogen-bond donors (Lipinski definition) is 1. The quantitative estimate of drug-likeness (QED) is 0.919. The lowest BCUT2D eigenvalue weighted by molar-refractivity contribution is 0.194. The second-order valence-electron chi connectivity index (χ2n) is 5.91. The molecule has 2 heterocycles. The summed E-state index contributed by atoms with van der Waals surface area (Å²) in [7, 11) is 0. The van der Waals surface area contributed by atoms with E-state index in [2.05, 4.69) is 19.7 Å². The molecule has 21 heavy (non-hydrogen) atoms. The fourth-order valence-corrected chi connectivity index (χ4v) is 3.33. The molecule has 2 aliphatic carbocycles. The summed E-state index contributed by atoms with van der Waals surface area (Å²) >= 11 is 1.61. The van der Waals surface area contributed by atoms with Gasteiger partial charge in [-0.05, 0) is 56.5 Å². The Labute approximate surface area is 127 Å². The zero-order valence-electron chi connectivity index (χ0n) is 11.9. The second-order valence-corrected chi connectivity index (χ2v) is 6.95. The Bertz CT molecular complexity index is 644. The van der Waals surface area contributed by atoms with Crippen LogP contribution in [-0.4, -0.2) is 24.9 Å². The molecule has 1 unspecified atom stereocenters. The minimum Gasteiger partial charge on any atom is -0.387 e. The minimum absolute atomic E-state index is 0.527. The lowest BCUT2D eigenvalue weighted by atomic mass is 10.2. The lowest BCUT2D eigenvalue weighted by Gasteiger charge is -2.08. The summed E-state index contributed by atoms with van der Waals surface area (Å²) in [6.07, 6.45) is 6.26. The van der Waals surface area contributed by atoms with Crippen LogP contribution in [-0.2, 0) is 0 Å². The molecule has 5 nitrogen and oxygen atoms in total. The van der Waals surface area contributed by atoms with Crippen molar-refractivity contribution >= 4 is 11.8 Å². The summed E-state index contributed by atoms with van der Waals surface area (Å²) in [4.78, 5) is 5.33. The van der Waals surface area contributed by atoms with E-state index in [1.54, 1.807) is 24.9 Å². The van der Waals surface area contributed by atoms with E-state index in [0.29, 0.717) is 17.7 Å². The minimum atomic E-state index is -0.527. The molecule has 2 fully saturated rings. The Morgan fingerprint density at radius 1 is 1.24 bits per heavy atom. The number of pyridine rings is 1. The van der Waals surface area contributed by atoms with E-state index in [4.69, 9.17) is 0 Å². The van der Waals surface area contributed by atoms with Crippen molar-refractivity contribution in [3.05, 3.63) is 29.8 Å². The average Bonchev–Trinajstić information content (AvgIpc) is 3.39. The van der Waals surface area contributed by atoms with E-state index < -0.39 is 6.10 Å². The predicted molar refractivity (Wildman–Crippen MR) is 79.3 cm³/mol. The maximum absolute atomic E-state index is 9.51. The van der Waals surface area contributed by atoms with Crippen LogP contribution in [0.5, 0.6) is 0 Å². The van der Waals surface area contributed by atoms with Crippen molar-refractivity contribution in [2.45, 2.75) is 60.7 Å². The van der Waals surface area contributed by atoms with Crippen molar-refractivity contribution in [3.8, 4) is 0 Å². The van der Waals surface area contributed by atoms with Gasteiger partial charge in [-0.2, -0.15) is 0 Å². The number of rotatable bonds is 5. The molecule has 0 aliphatic heterocycles. The highest BCUT2D eigenvalue weighted by Crippen LogP contribution is 2.46. The normalized spacial score (nSPS) is 19.7. The molecule has 110 valence electrons. The molecule has 6 heteroatoms. The predicted octanol–water partition coefficient (Wildman–Crippen LogP) is 3.09. The molecule has 0 amide bonds. The van der Waals surface area contributed by atoms with Gasteiger partial charge in [0.15, 0.2) is 5.16 Å².